The van der Waals surface area contributed by atoms with Crippen molar-refractivity contribution in [2.75, 3.05) is 23.7 Å². The normalized spacial score (nSPS) is 9.78. The molecule has 0 unspecified atom stereocenters. The Balaban J connectivity index is 3.03. The summed E-state index contributed by atoms with van der Waals surface area (Å²) in [5.74, 6) is -0.410. The highest BCUT2D eigenvalue weighted by Crippen LogP contribution is 2.22. The van der Waals surface area contributed by atoms with E-state index in [2.05, 4.69) is 13.0 Å². The second-order valence-electron chi connectivity index (χ2n) is 4.13. The van der Waals surface area contributed by atoms with Crippen LogP contribution in [0.1, 0.15) is 25.3 Å². The van der Waals surface area contributed by atoms with Crippen LogP contribution in [0.2, 0.25) is 0 Å². The van der Waals surface area contributed by atoms with Gasteiger partial charge in [-0.3, -0.25) is 4.79 Å². The van der Waals surface area contributed by atoms with E-state index in [0.717, 1.165) is 12.8 Å². The number of amides is 1. The highest BCUT2D eigenvalue weighted by molar-refractivity contribution is 5.80. The Morgan fingerprint density at radius 3 is 2.78 bits per heavy atom. The molecule has 5 heteroatoms. The molecular formula is C13H18N4O. The molecule has 0 atom stereocenters. The third-order valence-corrected chi connectivity index (χ3v) is 2.61. The zero-order chi connectivity index (χ0) is 13.5. The Hall–Kier alpha value is -2.22. The number of hydrogen-bond donors (Lipinski definition) is 2. The molecular weight excluding hydrogens is 228 g/mol. The monoisotopic (exact) mass is 246 g/mol. The molecule has 1 aromatic carbocycles. The number of carbonyl (C=O) groups is 1. The van der Waals surface area contributed by atoms with E-state index in [0.29, 0.717) is 23.5 Å². The Bertz CT molecular complexity index is 465. The van der Waals surface area contributed by atoms with Crippen LogP contribution in [0, 0.1) is 11.3 Å². The van der Waals surface area contributed by atoms with Gasteiger partial charge < -0.3 is 16.4 Å². The quantitative estimate of drug-likeness (QED) is 0.738. The molecule has 0 bridgehead atoms. The number of carbonyl (C=O) groups excluding carboxylic acids is 1. The van der Waals surface area contributed by atoms with Crippen molar-refractivity contribution in [2.24, 2.45) is 5.73 Å². The van der Waals surface area contributed by atoms with Gasteiger partial charge in [-0.2, -0.15) is 5.26 Å². The molecule has 0 fully saturated rings. The molecule has 1 aromatic rings. The van der Waals surface area contributed by atoms with E-state index in [9.17, 15) is 4.79 Å². The topological polar surface area (TPSA) is 96.1 Å². The van der Waals surface area contributed by atoms with Gasteiger partial charge in [-0.25, -0.2) is 0 Å². The molecule has 0 aromatic heterocycles. The maximum absolute atomic E-state index is 11.1. The van der Waals surface area contributed by atoms with Gasteiger partial charge in [0.2, 0.25) is 5.91 Å². The number of anilines is 2. The predicted octanol–water partition coefficient (Wildman–Crippen LogP) is 1.23. The minimum Gasteiger partial charge on any atom is -0.399 e. The third kappa shape index (κ3) is 3.67. The number of benzene rings is 1. The molecule has 0 saturated carbocycles. The molecule has 0 aliphatic rings. The molecule has 96 valence electrons. The van der Waals surface area contributed by atoms with E-state index in [1.54, 1.807) is 18.2 Å². The average Bonchev–Trinajstić information content (AvgIpc) is 2.34. The molecule has 5 nitrogen and oxygen atoms in total. The molecule has 1 rings (SSSR count). The maximum Gasteiger partial charge on any atom is 0.236 e. The first kappa shape index (κ1) is 13.8. The van der Waals surface area contributed by atoms with Crippen LogP contribution in [0.15, 0.2) is 18.2 Å². The Labute approximate surface area is 107 Å². The lowest BCUT2D eigenvalue weighted by atomic mass is 10.1. The van der Waals surface area contributed by atoms with Crippen molar-refractivity contribution in [1.82, 2.24) is 0 Å². The van der Waals surface area contributed by atoms with Crippen molar-refractivity contribution < 1.29 is 4.79 Å². The molecule has 0 spiro atoms. The molecule has 0 heterocycles. The molecule has 0 radical (unpaired) electrons. The zero-order valence-electron chi connectivity index (χ0n) is 10.5. The fraction of sp³-hybridized carbons (Fsp3) is 0.385. The molecule has 0 aliphatic carbocycles. The summed E-state index contributed by atoms with van der Waals surface area (Å²) in [5.41, 5.74) is 12.6. The molecule has 18 heavy (non-hydrogen) atoms. The van der Waals surface area contributed by atoms with Gasteiger partial charge in [0.05, 0.1) is 17.8 Å². The van der Waals surface area contributed by atoms with Crippen molar-refractivity contribution >= 4 is 17.3 Å². The zero-order valence-corrected chi connectivity index (χ0v) is 10.5. The number of nitriles is 1. The smallest absolute Gasteiger partial charge is 0.236 e. The van der Waals surface area contributed by atoms with E-state index in [4.69, 9.17) is 16.7 Å². The Morgan fingerprint density at radius 1 is 1.50 bits per heavy atom. The summed E-state index contributed by atoms with van der Waals surface area (Å²) in [5, 5.41) is 9.10. The average molecular weight is 246 g/mol. The summed E-state index contributed by atoms with van der Waals surface area (Å²) in [6.45, 7) is 2.87. The van der Waals surface area contributed by atoms with Crippen LogP contribution in [0.25, 0.3) is 0 Å². The number of nitrogen functional groups attached to an aromatic ring is 1. The lowest BCUT2D eigenvalue weighted by Crippen LogP contribution is -2.35. The van der Waals surface area contributed by atoms with Crippen LogP contribution in [-0.2, 0) is 4.79 Å². The molecule has 1 amide bonds. The second kappa shape index (κ2) is 6.50. The summed E-state index contributed by atoms with van der Waals surface area (Å²) >= 11 is 0. The van der Waals surface area contributed by atoms with Gasteiger partial charge in [-0.05, 0) is 24.6 Å². The second-order valence-corrected chi connectivity index (χ2v) is 4.13. The van der Waals surface area contributed by atoms with E-state index in [-0.39, 0.29) is 6.54 Å². The summed E-state index contributed by atoms with van der Waals surface area (Å²) in [7, 11) is 0. The number of unbranched alkanes of at least 4 members (excludes halogenated alkanes) is 1. The van der Waals surface area contributed by atoms with Crippen molar-refractivity contribution in [3.05, 3.63) is 23.8 Å². The van der Waals surface area contributed by atoms with Crippen LogP contribution >= 0.6 is 0 Å². The Kier molecular flexibility index (Phi) is 5.00. The maximum atomic E-state index is 11.1. The third-order valence-electron chi connectivity index (χ3n) is 2.61. The first-order chi connectivity index (χ1) is 8.58. The SMILES string of the molecule is CCCCN(CC(N)=O)c1ccc(N)cc1C#N. The van der Waals surface area contributed by atoms with E-state index >= 15 is 0 Å². The van der Waals surface area contributed by atoms with Crippen LogP contribution < -0.4 is 16.4 Å². The van der Waals surface area contributed by atoms with E-state index in [1.165, 1.54) is 0 Å². The fourth-order valence-electron chi connectivity index (χ4n) is 1.74. The first-order valence-corrected chi connectivity index (χ1v) is 5.91. The molecule has 0 aliphatic heterocycles. The highest BCUT2D eigenvalue weighted by atomic mass is 16.1. The van der Waals surface area contributed by atoms with Crippen LogP contribution in [0.5, 0.6) is 0 Å². The van der Waals surface area contributed by atoms with Crippen LogP contribution in [0.3, 0.4) is 0 Å². The summed E-state index contributed by atoms with van der Waals surface area (Å²) < 4.78 is 0. The lowest BCUT2D eigenvalue weighted by Gasteiger charge is -2.24. The van der Waals surface area contributed by atoms with E-state index in [1.807, 2.05) is 4.90 Å². The van der Waals surface area contributed by atoms with Gasteiger partial charge in [0, 0.05) is 12.2 Å². The highest BCUT2D eigenvalue weighted by Gasteiger charge is 2.13. The van der Waals surface area contributed by atoms with Gasteiger partial charge in [0.25, 0.3) is 0 Å². The van der Waals surface area contributed by atoms with Crippen molar-refractivity contribution in [1.29, 1.82) is 5.26 Å². The van der Waals surface area contributed by atoms with Gasteiger partial charge in [-0.15, -0.1) is 0 Å². The number of rotatable bonds is 6. The van der Waals surface area contributed by atoms with Crippen LogP contribution in [-0.4, -0.2) is 19.0 Å². The largest absolute Gasteiger partial charge is 0.399 e. The molecule has 4 N–H and O–H groups in total. The summed E-state index contributed by atoms with van der Waals surface area (Å²) in [4.78, 5) is 12.9. The lowest BCUT2D eigenvalue weighted by molar-refractivity contribution is -0.116. The summed E-state index contributed by atoms with van der Waals surface area (Å²) in [6.07, 6.45) is 1.94. The Morgan fingerprint density at radius 2 is 2.22 bits per heavy atom. The van der Waals surface area contributed by atoms with Crippen molar-refractivity contribution in [3.8, 4) is 6.07 Å². The predicted molar refractivity (Wildman–Crippen MR) is 71.9 cm³/mol. The number of nitrogens with zero attached hydrogens (tertiary/aromatic N) is 2. The van der Waals surface area contributed by atoms with Gasteiger partial charge in [0.15, 0.2) is 0 Å². The number of hydrogen-bond acceptors (Lipinski definition) is 4. The van der Waals surface area contributed by atoms with Crippen molar-refractivity contribution in [3.63, 3.8) is 0 Å². The van der Waals surface area contributed by atoms with E-state index < -0.39 is 5.91 Å². The van der Waals surface area contributed by atoms with Crippen molar-refractivity contribution in [2.45, 2.75) is 19.8 Å². The molecule has 0 saturated heterocycles. The minimum absolute atomic E-state index is 0.110. The summed E-state index contributed by atoms with van der Waals surface area (Å²) in [6, 6.07) is 7.17. The number of primary amides is 1. The standard InChI is InChI=1S/C13H18N4O/c1-2-3-6-17(9-13(16)18)12-5-4-11(15)7-10(12)8-14/h4-5,7H,2-3,6,9,15H2,1H3,(H2,16,18). The van der Waals surface area contributed by atoms with Gasteiger partial charge in [-0.1, -0.05) is 13.3 Å². The van der Waals surface area contributed by atoms with Gasteiger partial charge in [0.1, 0.15) is 6.07 Å². The fourth-order valence-corrected chi connectivity index (χ4v) is 1.74. The number of nitrogens with two attached hydrogens (primary N) is 2. The van der Waals surface area contributed by atoms with Gasteiger partial charge >= 0.3 is 0 Å². The minimum atomic E-state index is -0.410. The van der Waals surface area contributed by atoms with Crippen LogP contribution in [0.4, 0.5) is 11.4 Å². The first-order valence-electron chi connectivity index (χ1n) is 5.91.